The van der Waals surface area contributed by atoms with Crippen molar-refractivity contribution in [2.75, 3.05) is 6.61 Å². The number of halogens is 1. The molecule has 1 saturated heterocycles. The van der Waals surface area contributed by atoms with E-state index in [0.29, 0.717) is 23.9 Å². The summed E-state index contributed by atoms with van der Waals surface area (Å²) in [4.78, 5) is 23.9. The highest BCUT2D eigenvalue weighted by Gasteiger charge is 2.55. The summed E-state index contributed by atoms with van der Waals surface area (Å²) in [7, 11) is 0. The molecule has 3 rings (SSSR count). The van der Waals surface area contributed by atoms with E-state index in [9.17, 15) is 9.59 Å². The number of carbonyl (C=O) groups excluding carboxylic acids is 2. The second kappa shape index (κ2) is 5.89. The van der Waals surface area contributed by atoms with Gasteiger partial charge in [0, 0.05) is 26.0 Å². The Hall–Kier alpha value is -1.60. The van der Waals surface area contributed by atoms with Crippen molar-refractivity contribution in [3.63, 3.8) is 0 Å². The van der Waals surface area contributed by atoms with Crippen LogP contribution < -0.4 is 10.6 Å². The molecule has 8 heteroatoms. The van der Waals surface area contributed by atoms with E-state index in [1.165, 1.54) is 13.1 Å². The van der Waals surface area contributed by atoms with Crippen LogP contribution in [0.5, 0.6) is 0 Å². The van der Waals surface area contributed by atoms with Crippen molar-refractivity contribution in [3.8, 4) is 0 Å². The zero-order valence-corrected chi connectivity index (χ0v) is 13.3. The Kier molecular flexibility index (Phi) is 4.10. The molecule has 0 spiro atoms. The third kappa shape index (κ3) is 2.48. The minimum absolute atomic E-state index is 0.0132. The van der Waals surface area contributed by atoms with Crippen molar-refractivity contribution in [2.24, 2.45) is 5.92 Å². The number of aryl methyl sites for hydroxylation is 1. The number of hydrogen-bond donors (Lipinski definition) is 2. The first kappa shape index (κ1) is 15.3. The second-order valence-corrected chi connectivity index (χ2v) is 6.08. The van der Waals surface area contributed by atoms with Crippen LogP contribution in [0.3, 0.4) is 0 Å². The Morgan fingerprint density at radius 2 is 2.23 bits per heavy atom. The highest BCUT2D eigenvalue weighted by molar-refractivity contribution is 6.33. The number of rotatable bonds is 4. The van der Waals surface area contributed by atoms with E-state index in [1.54, 1.807) is 4.68 Å². The van der Waals surface area contributed by atoms with Crippen LogP contribution in [-0.4, -0.2) is 46.4 Å². The van der Waals surface area contributed by atoms with Crippen LogP contribution in [0.2, 0.25) is 5.02 Å². The highest BCUT2D eigenvalue weighted by Crippen LogP contribution is 2.39. The van der Waals surface area contributed by atoms with Crippen molar-refractivity contribution in [1.29, 1.82) is 0 Å². The van der Waals surface area contributed by atoms with E-state index >= 15 is 0 Å². The van der Waals surface area contributed by atoms with Crippen molar-refractivity contribution >= 4 is 23.4 Å². The molecule has 2 heterocycles. The first-order chi connectivity index (χ1) is 10.5. The Balaban J connectivity index is 1.75. The number of fused-ring (bicyclic) bond motifs is 1. The molecule has 2 amide bonds. The van der Waals surface area contributed by atoms with Gasteiger partial charge in [-0.2, -0.15) is 5.10 Å². The number of ether oxygens (including phenoxy) is 1. The third-order valence-corrected chi connectivity index (χ3v) is 4.64. The fourth-order valence-corrected chi connectivity index (χ4v) is 3.59. The van der Waals surface area contributed by atoms with Crippen LogP contribution in [0.1, 0.15) is 30.8 Å². The van der Waals surface area contributed by atoms with Gasteiger partial charge in [-0.05, 0) is 13.3 Å². The molecule has 120 valence electrons. The minimum Gasteiger partial charge on any atom is -0.376 e. The van der Waals surface area contributed by atoms with Crippen molar-refractivity contribution < 1.29 is 14.3 Å². The van der Waals surface area contributed by atoms with E-state index in [2.05, 4.69) is 15.7 Å². The van der Waals surface area contributed by atoms with Gasteiger partial charge in [0.25, 0.3) is 5.91 Å². The van der Waals surface area contributed by atoms with Crippen molar-refractivity contribution in [3.05, 3.63) is 16.9 Å². The van der Waals surface area contributed by atoms with Gasteiger partial charge < -0.3 is 15.4 Å². The lowest BCUT2D eigenvalue weighted by Gasteiger charge is -2.47. The molecular weight excluding hydrogens is 308 g/mol. The molecule has 1 aliphatic carbocycles. The normalized spacial score (nSPS) is 29.6. The van der Waals surface area contributed by atoms with Gasteiger partial charge in [0.05, 0.1) is 29.4 Å². The maximum Gasteiger partial charge on any atom is 0.271 e. The fourth-order valence-electron chi connectivity index (χ4n) is 3.36. The van der Waals surface area contributed by atoms with Gasteiger partial charge in [0.15, 0.2) is 0 Å². The van der Waals surface area contributed by atoms with Crippen molar-refractivity contribution in [2.45, 2.75) is 45.0 Å². The Morgan fingerprint density at radius 1 is 1.45 bits per heavy atom. The molecule has 1 aromatic heterocycles. The molecule has 0 unspecified atom stereocenters. The largest absolute Gasteiger partial charge is 0.376 e. The molecule has 2 fully saturated rings. The lowest BCUT2D eigenvalue weighted by Crippen LogP contribution is -2.70. The molecule has 0 aromatic carbocycles. The standard InChI is InChI=1S/C14H19ClN4O3/c1-3-19-12(9(15)6-16-19)14(21)18-10-8-4-5-22-13(8)11(10)17-7(2)20/h6,8,10-11,13H,3-5H2,1-2H3,(H,17,20)(H,18,21)/t8-,10+,11-,13-/m1/s1. The number of nitrogens with one attached hydrogen (secondary N) is 2. The van der Waals surface area contributed by atoms with E-state index in [0.717, 1.165) is 6.42 Å². The fraction of sp³-hybridized carbons (Fsp3) is 0.643. The Bertz CT molecular complexity index is 603. The summed E-state index contributed by atoms with van der Waals surface area (Å²) in [5.41, 5.74) is 0.355. The monoisotopic (exact) mass is 326 g/mol. The smallest absolute Gasteiger partial charge is 0.271 e. The average molecular weight is 327 g/mol. The van der Waals surface area contributed by atoms with Crippen LogP contribution in [0.4, 0.5) is 0 Å². The molecule has 2 aliphatic rings. The van der Waals surface area contributed by atoms with Gasteiger partial charge in [0.2, 0.25) is 5.91 Å². The topological polar surface area (TPSA) is 85.2 Å². The first-order valence-electron chi connectivity index (χ1n) is 7.43. The molecule has 1 aromatic rings. The summed E-state index contributed by atoms with van der Waals surface area (Å²) in [5, 5.41) is 10.2. The van der Waals surface area contributed by atoms with Gasteiger partial charge in [0.1, 0.15) is 5.69 Å². The second-order valence-electron chi connectivity index (χ2n) is 5.67. The summed E-state index contributed by atoms with van der Waals surface area (Å²) >= 11 is 6.06. The highest BCUT2D eigenvalue weighted by atomic mass is 35.5. The first-order valence-corrected chi connectivity index (χ1v) is 7.81. The van der Waals surface area contributed by atoms with Crippen LogP contribution >= 0.6 is 11.6 Å². The number of aromatic nitrogens is 2. The minimum atomic E-state index is -0.268. The number of nitrogens with zero attached hydrogens (tertiary/aromatic N) is 2. The molecule has 2 N–H and O–H groups in total. The third-order valence-electron chi connectivity index (χ3n) is 4.36. The summed E-state index contributed by atoms with van der Waals surface area (Å²) < 4.78 is 7.19. The maximum atomic E-state index is 12.5. The Labute approximate surface area is 133 Å². The maximum absolute atomic E-state index is 12.5. The van der Waals surface area contributed by atoms with Gasteiger partial charge in [-0.15, -0.1) is 0 Å². The summed E-state index contributed by atoms with van der Waals surface area (Å²) in [5.74, 6) is -0.164. The van der Waals surface area contributed by atoms with Crippen LogP contribution in [0, 0.1) is 5.92 Å². The Morgan fingerprint density at radius 3 is 2.91 bits per heavy atom. The lowest BCUT2D eigenvalue weighted by atomic mass is 9.71. The zero-order chi connectivity index (χ0) is 15.9. The summed E-state index contributed by atoms with van der Waals surface area (Å²) in [6.07, 6.45) is 2.33. The number of carbonyl (C=O) groups is 2. The predicted molar refractivity (Wildman–Crippen MR) is 79.6 cm³/mol. The van der Waals surface area contributed by atoms with E-state index in [4.69, 9.17) is 16.3 Å². The lowest BCUT2D eigenvalue weighted by molar-refractivity contribution is -0.124. The molecule has 1 saturated carbocycles. The summed E-state index contributed by atoms with van der Waals surface area (Å²) in [6.45, 7) is 4.57. The van der Waals surface area contributed by atoms with Gasteiger partial charge in [-0.3, -0.25) is 14.3 Å². The van der Waals surface area contributed by atoms with Crippen molar-refractivity contribution in [1.82, 2.24) is 20.4 Å². The van der Waals surface area contributed by atoms with Crippen LogP contribution in [0.25, 0.3) is 0 Å². The van der Waals surface area contributed by atoms with E-state index in [1.807, 2.05) is 6.92 Å². The molecule has 0 radical (unpaired) electrons. The molecule has 22 heavy (non-hydrogen) atoms. The van der Waals surface area contributed by atoms with Crippen LogP contribution in [-0.2, 0) is 16.1 Å². The van der Waals surface area contributed by atoms with Gasteiger partial charge in [-0.25, -0.2) is 0 Å². The predicted octanol–water partition coefficient (Wildman–Crippen LogP) is 0.578. The molecular formula is C14H19ClN4O3. The van der Waals surface area contributed by atoms with Gasteiger partial charge in [-0.1, -0.05) is 11.6 Å². The average Bonchev–Trinajstić information content (AvgIpc) is 3.06. The SMILES string of the molecule is CCn1ncc(Cl)c1C(=O)N[C@H]1[C@H]2CCO[C@H]2[C@@H]1NC(C)=O. The summed E-state index contributed by atoms with van der Waals surface area (Å²) in [6, 6.07) is -0.328. The molecule has 7 nitrogen and oxygen atoms in total. The van der Waals surface area contributed by atoms with E-state index in [-0.39, 0.29) is 35.9 Å². The molecule has 1 aliphatic heterocycles. The number of hydrogen-bond acceptors (Lipinski definition) is 4. The molecule has 4 atom stereocenters. The van der Waals surface area contributed by atoms with Crippen LogP contribution in [0.15, 0.2) is 6.20 Å². The quantitative estimate of drug-likeness (QED) is 0.847. The number of amides is 2. The molecule has 0 bridgehead atoms. The van der Waals surface area contributed by atoms with E-state index < -0.39 is 0 Å². The zero-order valence-electron chi connectivity index (χ0n) is 12.5. The van der Waals surface area contributed by atoms with Gasteiger partial charge >= 0.3 is 0 Å².